The number of ether oxygens (including phenoxy) is 1. The van der Waals surface area contributed by atoms with Gasteiger partial charge in [-0.15, -0.1) is 0 Å². The molecule has 0 spiro atoms. The van der Waals surface area contributed by atoms with Crippen molar-refractivity contribution in [2.24, 2.45) is 11.3 Å². The zero-order valence-corrected chi connectivity index (χ0v) is 11.5. The Morgan fingerprint density at radius 3 is 2.56 bits per heavy atom. The van der Waals surface area contributed by atoms with Crippen LogP contribution >= 0.6 is 0 Å². The summed E-state index contributed by atoms with van der Waals surface area (Å²) < 4.78 is 6.16. The number of rotatable bonds is 6. The Morgan fingerprint density at radius 1 is 1.25 bits per heavy atom. The molecule has 0 aromatic heterocycles. The fraction of sp³-hybridized carbons (Fsp3) is 1.00. The molecule has 0 amide bonds. The first-order valence-electron chi connectivity index (χ1n) is 6.85. The van der Waals surface area contributed by atoms with E-state index >= 15 is 0 Å². The molecule has 0 aromatic rings. The van der Waals surface area contributed by atoms with Crippen LogP contribution in [0.5, 0.6) is 0 Å². The predicted octanol–water partition coefficient (Wildman–Crippen LogP) is 3.22. The summed E-state index contributed by atoms with van der Waals surface area (Å²) in [6.45, 7) is 8.75. The van der Waals surface area contributed by atoms with Gasteiger partial charge >= 0.3 is 0 Å². The molecule has 1 N–H and O–H groups in total. The first-order chi connectivity index (χ1) is 7.59. The van der Waals surface area contributed by atoms with Crippen LogP contribution in [-0.2, 0) is 4.74 Å². The van der Waals surface area contributed by atoms with Gasteiger partial charge in [-0.2, -0.15) is 0 Å². The van der Waals surface area contributed by atoms with Gasteiger partial charge in [0.15, 0.2) is 0 Å². The molecule has 0 saturated heterocycles. The molecule has 1 rings (SSSR count). The van der Waals surface area contributed by atoms with Gasteiger partial charge in [0.25, 0.3) is 0 Å². The Balaban J connectivity index is 2.34. The van der Waals surface area contributed by atoms with Gasteiger partial charge in [-0.3, -0.25) is 0 Å². The molecular weight excluding hydrogens is 198 g/mol. The second kappa shape index (κ2) is 6.61. The SMILES string of the molecule is CCC1CCCCC1OCC(C)(C)CNC. The van der Waals surface area contributed by atoms with Crippen molar-refractivity contribution in [3.63, 3.8) is 0 Å². The van der Waals surface area contributed by atoms with Crippen LogP contribution in [0.2, 0.25) is 0 Å². The first-order valence-corrected chi connectivity index (χ1v) is 6.85. The van der Waals surface area contributed by atoms with Crippen molar-refractivity contribution in [2.45, 2.75) is 59.0 Å². The predicted molar refractivity (Wildman–Crippen MR) is 69.7 cm³/mol. The van der Waals surface area contributed by atoms with E-state index < -0.39 is 0 Å². The molecular formula is C14H29NO. The van der Waals surface area contributed by atoms with Gasteiger partial charge in [0, 0.05) is 12.0 Å². The molecule has 16 heavy (non-hydrogen) atoms. The minimum Gasteiger partial charge on any atom is -0.377 e. The molecule has 0 aliphatic heterocycles. The molecule has 2 nitrogen and oxygen atoms in total. The summed E-state index contributed by atoms with van der Waals surface area (Å²) in [6.07, 6.45) is 7.19. The zero-order chi connectivity index (χ0) is 12.0. The van der Waals surface area contributed by atoms with Crippen LogP contribution in [0.3, 0.4) is 0 Å². The highest BCUT2D eigenvalue weighted by molar-refractivity contribution is 4.77. The van der Waals surface area contributed by atoms with Crippen LogP contribution in [0, 0.1) is 11.3 Å². The summed E-state index contributed by atoms with van der Waals surface area (Å²) >= 11 is 0. The van der Waals surface area contributed by atoms with Crippen molar-refractivity contribution in [1.29, 1.82) is 0 Å². The smallest absolute Gasteiger partial charge is 0.0603 e. The molecule has 2 unspecified atom stereocenters. The molecule has 96 valence electrons. The fourth-order valence-electron chi connectivity index (χ4n) is 2.72. The molecule has 1 fully saturated rings. The van der Waals surface area contributed by atoms with E-state index in [0.717, 1.165) is 19.1 Å². The maximum Gasteiger partial charge on any atom is 0.0603 e. The van der Waals surface area contributed by atoms with Gasteiger partial charge in [-0.25, -0.2) is 0 Å². The Hall–Kier alpha value is -0.0800. The van der Waals surface area contributed by atoms with Crippen LogP contribution in [0.4, 0.5) is 0 Å². The van der Waals surface area contributed by atoms with Crippen LogP contribution in [0.25, 0.3) is 0 Å². The lowest BCUT2D eigenvalue weighted by Gasteiger charge is -2.34. The van der Waals surface area contributed by atoms with Gasteiger partial charge in [0.1, 0.15) is 0 Å². The summed E-state index contributed by atoms with van der Waals surface area (Å²) in [5.41, 5.74) is 0.254. The maximum atomic E-state index is 6.16. The van der Waals surface area contributed by atoms with Crippen molar-refractivity contribution in [1.82, 2.24) is 5.32 Å². The first kappa shape index (κ1) is 14.0. The molecule has 2 heteroatoms. The standard InChI is InChI=1S/C14H29NO/c1-5-12-8-6-7-9-13(12)16-11-14(2,3)10-15-4/h12-13,15H,5-11H2,1-4H3. The summed E-state index contributed by atoms with van der Waals surface area (Å²) in [5, 5.41) is 3.24. The van der Waals surface area contributed by atoms with Crippen LogP contribution in [0.15, 0.2) is 0 Å². The Morgan fingerprint density at radius 2 is 1.94 bits per heavy atom. The van der Waals surface area contributed by atoms with E-state index in [1.165, 1.54) is 32.1 Å². The van der Waals surface area contributed by atoms with Gasteiger partial charge < -0.3 is 10.1 Å². The van der Waals surface area contributed by atoms with Crippen molar-refractivity contribution in [3.05, 3.63) is 0 Å². The highest BCUT2D eigenvalue weighted by Crippen LogP contribution is 2.30. The van der Waals surface area contributed by atoms with Gasteiger partial charge in [-0.1, -0.05) is 40.0 Å². The average Bonchev–Trinajstić information content (AvgIpc) is 2.27. The van der Waals surface area contributed by atoms with Gasteiger partial charge in [-0.05, 0) is 25.8 Å². The number of hydrogen-bond donors (Lipinski definition) is 1. The third-order valence-corrected chi connectivity index (χ3v) is 3.71. The van der Waals surface area contributed by atoms with E-state index in [0.29, 0.717) is 6.10 Å². The Bertz CT molecular complexity index is 191. The quantitative estimate of drug-likeness (QED) is 0.752. The molecule has 0 aromatic carbocycles. The Labute approximate surface area is 101 Å². The molecule has 2 atom stereocenters. The third kappa shape index (κ3) is 4.42. The minimum atomic E-state index is 0.254. The Kier molecular flexibility index (Phi) is 5.77. The summed E-state index contributed by atoms with van der Waals surface area (Å²) in [7, 11) is 2.01. The molecule has 0 radical (unpaired) electrons. The summed E-state index contributed by atoms with van der Waals surface area (Å²) in [6, 6.07) is 0. The molecule has 0 heterocycles. The molecule has 1 aliphatic rings. The van der Waals surface area contributed by atoms with E-state index in [4.69, 9.17) is 4.74 Å². The molecule has 0 bridgehead atoms. The maximum absolute atomic E-state index is 6.16. The van der Waals surface area contributed by atoms with Gasteiger partial charge in [0.2, 0.25) is 0 Å². The normalized spacial score (nSPS) is 27.0. The van der Waals surface area contributed by atoms with Crippen LogP contribution < -0.4 is 5.32 Å². The summed E-state index contributed by atoms with van der Waals surface area (Å²) in [5.74, 6) is 0.805. The van der Waals surface area contributed by atoms with Crippen LogP contribution in [0.1, 0.15) is 52.9 Å². The monoisotopic (exact) mass is 227 g/mol. The van der Waals surface area contributed by atoms with E-state index in [2.05, 4.69) is 26.1 Å². The number of nitrogens with one attached hydrogen (secondary N) is 1. The third-order valence-electron chi connectivity index (χ3n) is 3.71. The van der Waals surface area contributed by atoms with Crippen molar-refractivity contribution in [2.75, 3.05) is 20.2 Å². The lowest BCUT2D eigenvalue weighted by Crippen LogP contribution is -2.36. The second-order valence-corrected chi connectivity index (χ2v) is 6.00. The van der Waals surface area contributed by atoms with E-state index in [1.807, 2.05) is 7.05 Å². The highest BCUT2D eigenvalue weighted by atomic mass is 16.5. The molecule has 1 saturated carbocycles. The zero-order valence-electron chi connectivity index (χ0n) is 11.5. The second-order valence-electron chi connectivity index (χ2n) is 6.00. The van der Waals surface area contributed by atoms with Crippen molar-refractivity contribution in [3.8, 4) is 0 Å². The van der Waals surface area contributed by atoms with E-state index in [9.17, 15) is 0 Å². The van der Waals surface area contributed by atoms with Crippen molar-refractivity contribution < 1.29 is 4.74 Å². The van der Waals surface area contributed by atoms with E-state index in [1.54, 1.807) is 0 Å². The fourth-order valence-corrected chi connectivity index (χ4v) is 2.72. The highest BCUT2D eigenvalue weighted by Gasteiger charge is 2.26. The minimum absolute atomic E-state index is 0.254. The molecule has 1 aliphatic carbocycles. The summed E-state index contributed by atoms with van der Waals surface area (Å²) in [4.78, 5) is 0. The van der Waals surface area contributed by atoms with Crippen LogP contribution in [-0.4, -0.2) is 26.3 Å². The van der Waals surface area contributed by atoms with E-state index in [-0.39, 0.29) is 5.41 Å². The topological polar surface area (TPSA) is 21.3 Å². The average molecular weight is 227 g/mol. The van der Waals surface area contributed by atoms with Gasteiger partial charge in [0.05, 0.1) is 12.7 Å². The largest absolute Gasteiger partial charge is 0.377 e. The van der Waals surface area contributed by atoms with Crippen molar-refractivity contribution >= 4 is 0 Å². The lowest BCUT2D eigenvalue weighted by molar-refractivity contribution is -0.0449. The number of hydrogen-bond acceptors (Lipinski definition) is 2. The lowest BCUT2D eigenvalue weighted by atomic mass is 9.84.